The van der Waals surface area contributed by atoms with Crippen LogP contribution in [0, 0.1) is 6.92 Å². The van der Waals surface area contributed by atoms with Crippen LogP contribution in [0.3, 0.4) is 0 Å². The van der Waals surface area contributed by atoms with E-state index >= 15 is 0 Å². The summed E-state index contributed by atoms with van der Waals surface area (Å²) in [6.45, 7) is 2.65. The third-order valence-corrected chi connectivity index (χ3v) is 4.53. The molecular formula is C23H19NO. The monoisotopic (exact) mass is 325 g/mol. The van der Waals surface area contributed by atoms with Gasteiger partial charge in [-0.05, 0) is 30.2 Å². The van der Waals surface area contributed by atoms with Gasteiger partial charge in [-0.2, -0.15) is 0 Å². The molecule has 1 aliphatic heterocycles. The zero-order chi connectivity index (χ0) is 17.2. The lowest BCUT2D eigenvalue weighted by atomic mass is 10.0. The largest absolute Gasteiger partial charge is 0.303 e. The molecule has 0 spiro atoms. The SMILES string of the molecule is Cc1ccc(/C=C2/C(=O)N(Cc3ccccc3)c3ccccc32)cc1. The molecule has 2 heteroatoms. The summed E-state index contributed by atoms with van der Waals surface area (Å²) in [5, 5.41) is 0. The highest BCUT2D eigenvalue weighted by Crippen LogP contribution is 2.38. The van der Waals surface area contributed by atoms with Gasteiger partial charge in [-0.15, -0.1) is 0 Å². The average Bonchev–Trinajstić information content (AvgIpc) is 2.90. The van der Waals surface area contributed by atoms with Gasteiger partial charge in [-0.25, -0.2) is 0 Å². The topological polar surface area (TPSA) is 20.3 Å². The molecule has 0 radical (unpaired) electrons. The van der Waals surface area contributed by atoms with Crippen molar-refractivity contribution in [3.05, 3.63) is 101 Å². The molecule has 0 unspecified atom stereocenters. The van der Waals surface area contributed by atoms with Crippen LogP contribution in [0.2, 0.25) is 0 Å². The number of benzene rings is 3. The van der Waals surface area contributed by atoms with Crippen LogP contribution in [0.5, 0.6) is 0 Å². The van der Waals surface area contributed by atoms with Gasteiger partial charge in [0.05, 0.1) is 12.2 Å². The van der Waals surface area contributed by atoms with E-state index in [-0.39, 0.29) is 5.91 Å². The number of nitrogens with zero attached hydrogens (tertiary/aromatic N) is 1. The van der Waals surface area contributed by atoms with Crippen molar-refractivity contribution in [3.63, 3.8) is 0 Å². The molecule has 25 heavy (non-hydrogen) atoms. The predicted octanol–water partition coefficient (Wildman–Crippen LogP) is 5.08. The van der Waals surface area contributed by atoms with Gasteiger partial charge in [0.15, 0.2) is 0 Å². The predicted molar refractivity (Wildman–Crippen MR) is 103 cm³/mol. The van der Waals surface area contributed by atoms with Crippen LogP contribution >= 0.6 is 0 Å². The molecule has 0 fully saturated rings. The maximum absolute atomic E-state index is 13.1. The van der Waals surface area contributed by atoms with E-state index in [2.05, 4.69) is 43.3 Å². The summed E-state index contributed by atoms with van der Waals surface area (Å²) in [5.41, 5.74) is 6.13. The third kappa shape index (κ3) is 2.99. The van der Waals surface area contributed by atoms with E-state index in [0.29, 0.717) is 6.54 Å². The standard InChI is InChI=1S/C23H19NO/c1-17-11-13-18(14-12-17)15-21-20-9-5-6-10-22(20)24(23(21)25)16-19-7-3-2-4-8-19/h2-15H,16H2,1H3/b21-15+. The lowest BCUT2D eigenvalue weighted by Gasteiger charge is -2.17. The summed E-state index contributed by atoms with van der Waals surface area (Å²) in [4.78, 5) is 15.0. The van der Waals surface area contributed by atoms with Crippen LogP contribution in [0.1, 0.15) is 22.3 Å². The van der Waals surface area contributed by atoms with E-state index in [9.17, 15) is 4.79 Å². The molecule has 0 aromatic heterocycles. The fraction of sp³-hybridized carbons (Fsp3) is 0.0870. The smallest absolute Gasteiger partial charge is 0.259 e. The molecule has 0 saturated heterocycles. The molecule has 1 aliphatic rings. The van der Waals surface area contributed by atoms with Crippen molar-refractivity contribution in [1.82, 2.24) is 0 Å². The second kappa shape index (κ2) is 6.40. The molecule has 4 rings (SSSR count). The van der Waals surface area contributed by atoms with Gasteiger partial charge in [0.25, 0.3) is 5.91 Å². The highest BCUT2D eigenvalue weighted by molar-refractivity contribution is 6.35. The second-order valence-electron chi connectivity index (χ2n) is 6.36. The fourth-order valence-corrected chi connectivity index (χ4v) is 3.20. The first-order valence-electron chi connectivity index (χ1n) is 8.46. The van der Waals surface area contributed by atoms with E-state index < -0.39 is 0 Å². The molecule has 3 aromatic rings. The molecule has 1 amide bonds. The molecule has 0 N–H and O–H groups in total. The maximum atomic E-state index is 13.1. The van der Waals surface area contributed by atoms with Crippen molar-refractivity contribution in [2.24, 2.45) is 0 Å². The fourth-order valence-electron chi connectivity index (χ4n) is 3.20. The van der Waals surface area contributed by atoms with E-state index in [1.54, 1.807) is 0 Å². The molecule has 0 atom stereocenters. The summed E-state index contributed by atoms with van der Waals surface area (Å²) < 4.78 is 0. The number of aryl methyl sites for hydroxylation is 1. The maximum Gasteiger partial charge on any atom is 0.259 e. The van der Waals surface area contributed by atoms with Crippen molar-refractivity contribution < 1.29 is 4.79 Å². The Morgan fingerprint density at radius 2 is 1.52 bits per heavy atom. The molecule has 0 saturated carbocycles. The molecule has 2 nitrogen and oxygen atoms in total. The Kier molecular flexibility index (Phi) is 3.95. The highest BCUT2D eigenvalue weighted by atomic mass is 16.2. The Morgan fingerprint density at radius 3 is 2.28 bits per heavy atom. The first-order chi connectivity index (χ1) is 12.2. The number of hydrogen-bond acceptors (Lipinski definition) is 1. The molecule has 3 aromatic carbocycles. The second-order valence-corrected chi connectivity index (χ2v) is 6.36. The van der Waals surface area contributed by atoms with Gasteiger partial charge < -0.3 is 4.90 Å². The minimum Gasteiger partial charge on any atom is -0.303 e. The molecule has 0 aliphatic carbocycles. The van der Waals surface area contributed by atoms with Crippen LogP contribution in [0.15, 0.2) is 78.9 Å². The van der Waals surface area contributed by atoms with E-state index in [1.807, 2.05) is 53.4 Å². The number of amides is 1. The summed E-state index contributed by atoms with van der Waals surface area (Å²) in [5.74, 6) is 0.0608. The zero-order valence-corrected chi connectivity index (χ0v) is 14.1. The quantitative estimate of drug-likeness (QED) is 0.615. The minimum absolute atomic E-state index is 0.0608. The van der Waals surface area contributed by atoms with Crippen molar-refractivity contribution >= 4 is 23.2 Å². The van der Waals surface area contributed by atoms with Crippen LogP contribution in [0.4, 0.5) is 5.69 Å². The van der Waals surface area contributed by atoms with Crippen molar-refractivity contribution in [2.45, 2.75) is 13.5 Å². The first kappa shape index (κ1) is 15.4. The normalized spacial score (nSPS) is 14.8. The number of carbonyl (C=O) groups is 1. The molecule has 122 valence electrons. The van der Waals surface area contributed by atoms with Gasteiger partial charge in [-0.3, -0.25) is 4.79 Å². The Labute approximate surface area is 148 Å². The average molecular weight is 325 g/mol. The highest BCUT2D eigenvalue weighted by Gasteiger charge is 2.31. The number of anilines is 1. The van der Waals surface area contributed by atoms with Gasteiger partial charge >= 0.3 is 0 Å². The lowest BCUT2D eigenvalue weighted by Crippen LogP contribution is -2.25. The molecule has 1 heterocycles. The number of rotatable bonds is 3. The molecular weight excluding hydrogens is 306 g/mol. The Hall–Kier alpha value is -3.13. The van der Waals surface area contributed by atoms with Crippen LogP contribution in [-0.2, 0) is 11.3 Å². The van der Waals surface area contributed by atoms with Gasteiger partial charge in [0.1, 0.15) is 0 Å². The third-order valence-electron chi connectivity index (χ3n) is 4.53. The van der Waals surface area contributed by atoms with Gasteiger partial charge in [0.2, 0.25) is 0 Å². The van der Waals surface area contributed by atoms with E-state index in [0.717, 1.165) is 28.0 Å². The Bertz CT molecular complexity index is 939. The van der Waals surface area contributed by atoms with Crippen molar-refractivity contribution in [1.29, 1.82) is 0 Å². The summed E-state index contributed by atoms with van der Waals surface area (Å²) >= 11 is 0. The van der Waals surface area contributed by atoms with Crippen molar-refractivity contribution in [2.75, 3.05) is 4.90 Å². The zero-order valence-electron chi connectivity index (χ0n) is 14.1. The van der Waals surface area contributed by atoms with Crippen LogP contribution in [-0.4, -0.2) is 5.91 Å². The van der Waals surface area contributed by atoms with Crippen molar-refractivity contribution in [3.8, 4) is 0 Å². The first-order valence-corrected chi connectivity index (χ1v) is 8.46. The Morgan fingerprint density at radius 1 is 0.840 bits per heavy atom. The number of fused-ring (bicyclic) bond motifs is 1. The van der Waals surface area contributed by atoms with E-state index in [1.165, 1.54) is 5.56 Å². The minimum atomic E-state index is 0.0608. The van der Waals surface area contributed by atoms with Gasteiger partial charge in [-0.1, -0.05) is 78.4 Å². The summed E-state index contributed by atoms with van der Waals surface area (Å²) in [6.07, 6.45) is 1.99. The summed E-state index contributed by atoms with van der Waals surface area (Å²) in [6, 6.07) is 26.4. The number of hydrogen-bond donors (Lipinski definition) is 0. The van der Waals surface area contributed by atoms with E-state index in [4.69, 9.17) is 0 Å². The number of para-hydroxylation sites is 1. The van der Waals surface area contributed by atoms with Crippen LogP contribution < -0.4 is 4.90 Å². The van der Waals surface area contributed by atoms with Crippen LogP contribution in [0.25, 0.3) is 11.6 Å². The Balaban J connectivity index is 1.74. The van der Waals surface area contributed by atoms with Gasteiger partial charge in [0, 0.05) is 11.1 Å². The lowest BCUT2D eigenvalue weighted by molar-refractivity contribution is -0.113. The number of carbonyl (C=O) groups excluding carboxylic acids is 1. The molecule has 0 bridgehead atoms. The summed E-state index contributed by atoms with van der Waals surface area (Å²) in [7, 11) is 0.